The molecule has 2 rings (SSSR count). The molecule has 1 aliphatic rings. The number of aromatic amines is 1. The molecular formula is C10H14F3N5O. The molecule has 1 fully saturated rings. The molecule has 106 valence electrons. The first-order chi connectivity index (χ1) is 8.87. The fourth-order valence-electron chi connectivity index (χ4n) is 2.08. The number of aromatic nitrogens is 3. The highest BCUT2D eigenvalue weighted by Gasteiger charge is 2.61. The molecule has 1 amide bonds. The first kappa shape index (κ1) is 13.8. The molecule has 1 aliphatic heterocycles. The van der Waals surface area contributed by atoms with E-state index in [2.05, 4.69) is 25.8 Å². The average molecular weight is 277 g/mol. The van der Waals surface area contributed by atoms with Gasteiger partial charge in [0, 0.05) is 6.54 Å². The molecule has 0 bridgehead atoms. The standard InChI is InChI=1S/C10H14F3N5O/c1-6(7-15-5-16-18-7)17-8(19)9(10(11,12)13)2-3-14-4-9/h5-6,14H,2-4H2,1H3,(H,17,19)(H,15,16,18). The van der Waals surface area contributed by atoms with E-state index in [1.54, 1.807) is 6.92 Å². The number of nitrogens with zero attached hydrogens (tertiary/aromatic N) is 2. The summed E-state index contributed by atoms with van der Waals surface area (Å²) in [5, 5.41) is 11.0. The first-order valence-corrected chi connectivity index (χ1v) is 5.80. The van der Waals surface area contributed by atoms with Gasteiger partial charge in [-0.2, -0.15) is 18.3 Å². The molecule has 1 aromatic heterocycles. The zero-order valence-electron chi connectivity index (χ0n) is 10.2. The summed E-state index contributed by atoms with van der Waals surface area (Å²) in [5.41, 5.74) is -2.36. The van der Waals surface area contributed by atoms with Crippen LogP contribution in [-0.2, 0) is 4.79 Å². The van der Waals surface area contributed by atoms with E-state index in [9.17, 15) is 18.0 Å². The van der Waals surface area contributed by atoms with Crippen LogP contribution in [-0.4, -0.2) is 40.4 Å². The second-order valence-electron chi connectivity index (χ2n) is 4.57. The Balaban J connectivity index is 2.13. The molecule has 9 heteroatoms. The Morgan fingerprint density at radius 3 is 2.79 bits per heavy atom. The fraction of sp³-hybridized carbons (Fsp3) is 0.700. The summed E-state index contributed by atoms with van der Waals surface area (Å²) in [5.74, 6) is -0.717. The third-order valence-electron chi connectivity index (χ3n) is 3.32. The lowest BCUT2D eigenvalue weighted by molar-refractivity contribution is -0.216. The topological polar surface area (TPSA) is 82.7 Å². The van der Waals surface area contributed by atoms with Gasteiger partial charge in [0.05, 0.1) is 6.04 Å². The quantitative estimate of drug-likeness (QED) is 0.752. The molecule has 19 heavy (non-hydrogen) atoms. The molecule has 1 saturated heterocycles. The number of carbonyl (C=O) groups excluding carboxylic acids is 1. The van der Waals surface area contributed by atoms with Crippen LogP contribution in [0.3, 0.4) is 0 Å². The van der Waals surface area contributed by atoms with Crippen LogP contribution in [0, 0.1) is 5.41 Å². The smallest absolute Gasteiger partial charge is 0.346 e. The summed E-state index contributed by atoms with van der Waals surface area (Å²) in [6.45, 7) is 1.32. The highest BCUT2D eigenvalue weighted by atomic mass is 19.4. The third-order valence-corrected chi connectivity index (χ3v) is 3.32. The molecule has 2 unspecified atom stereocenters. The van der Waals surface area contributed by atoms with Gasteiger partial charge in [0.1, 0.15) is 12.2 Å². The summed E-state index contributed by atoms with van der Waals surface area (Å²) in [6, 6.07) is -0.658. The van der Waals surface area contributed by atoms with Crippen molar-refractivity contribution in [1.82, 2.24) is 25.8 Å². The number of hydrogen-bond donors (Lipinski definition) is 3. The Morgan fingerprint density at radius 2 is 2.32 bits per heavy atom. The minimum Gasteiger partial charge on any atom is -0.346 e. The van der Waals surface area contributed by atoms with Crippen LogP contribution in [0.2, 0.25) is 0 Å². The predicted molar refractivity (Wildman–Crippen MR) is 58.9 cm³/mol. The molecule has 0 radical (unpaired) electrons. The Morgan fingerprint density at radius 1 is 1.58 bits per heavy atom. The van der Waals surface area contributed by atoms with Gasteiger partial charge < -0.3 is 10.6 Å². The number of nitrogens with one attached hydrogen (secondary N) is 3. The molecule has 0 aromatic carbocycles. The van der Waals surface area contributed by atoms with E-state index in [4.69, 9.17) is 0 Å². The number of amides is 1. The predicted octanol–water partition coefficient (Wildman–Crippen LogP) is 0.524. The van der Waals surface area contributed by atoms with Crippen LogP contribution in [0.5, 0.6) is 0 Å². The lowest BCUT2D eigenvalue weighted by atomic mass is 9.85. The molecular weight excluding hydrogens is 263 g/mol. The fourth-order valence-corrected chi connectivity index (χ4v) is 2.08. The van der Waals surface area contributed by atoms with Gasteiger partial charge in [-0.05, 0) is 19.9 Å². The van der Waals surface area contributed by atoms with Crippen molar-refractivity contribution in [2.24, 2.45) is 5.41 Å². The van der Waals surface area contributed by atoms with Crippen molar-refractivity contribution in [3.05, 3.63) is 12.2 Å². The molecule has 2 heterocycles. The molecule has 0 aliphatic carbocycles. The summed E-state index contributed by atoms with van der Waals surface area (Å²) < 4.78 is 39.4. The van der Waals surface area contributed by atoms with Crippen molar-refractivity contribution in [3.63, 3.8) is 0 Å². The third kappa shape index (κ3) is 2.42. The molecule has 3 N–H and O–H groups in total. The lowest BCUT2D eigenvalue weighted by Crippen LogP contribution is -2.52. The highest BCUT2D eigenvalue weighted by Crippen LogP contribution is 2.43. The van der Waals surface area contributed by atoms with E-state index in [0.717, 1.165) is 0 Å². The maximum atomic E-state index is 13.1. The Labute approximate surface area is 107 Å². The Bertz CT molecular complexity index is 439. The van der Waals surface area contributed by atoms with E-state index in [1.807, 2.05) is 0 Å². The van der Waals surface area contributed by atoms with Crippen molar-refractivity contribution >= 4 is 5.91 Å². The van der Waals surface area contributed by atoms with E-state index in [1.165, 1.54) is 6.33 Å². The summed E-state index contributed by atoms with van der Waals surface area (Å²) in [6.07, 6.45) is -3.61. The van der Waals surface area contributed by atoms with Crippen LogP contribution in [0.1, 0.15) is 25.2 Å². The summed E-state index contributed by atoms with van der Waals surface area (Å²) in [7, 11) is 0. The lowest BCUT2D eigenvalue weighted by Gasteiger charge is -2.30. The molecule has 6 nitrogen and oxygen atoms in total. The van der Waals surface area contributed by atoms with Crippen LogP contribution in [0.25, 0.3) is 0 Å². The largest absolute Gasteiger partial charge is 0.404 e. The monoisotopic (exact) mass is 277 g/mol. The van der Waals surface area contributed by atoms with Gasteiger partial charge in [-0.25, -0.2) is 4.98 Å². The van der Waals surface area contributed by atoms with E-state index in [0.29, 0.717) is 5.82 Å². The van der Waals surface area contributed by atoms with Crippen LogP contribution < -0.4 is 10.6 Å². The number of rotatable bonds is 3. The van der Waals surface area contributed by atoms with E-state index < -0.39 is 30.1 Å². The van der Waals surface area contributed by atoms with Gasteiger partial charge in [0.25, 0.3) is 0 Å². The number of carbonyl (C=O) groups is 1. The zero-order valence-corrected chi connectivity index (χ0v) is 10.2. The maximum Gasteiger partial charge on any atom is 0.404 e. The molecule has 0 spiro atoms. The van der Waals surface area contributed by atoms with Crippen LogP contribution in [0.15, 0.2) is 6.33 Å². The molecule has 0 saturated carbocycles. The van der Waals surface area contributed by atoms with Gasteiger partial charge >= 0.3 is 6.18 Å². The Kier molecular flexibility index (Phi) is 3.48. The van der Waals surface area contributed by atoms with Crippen LogP contribution >= 0.6 is 0 Å². The summed E-state index contributed by atoms with van der Waals surface area (Å²) >= 11 is 0. The van der Waals surface area contributed by atoms with Crippen LogP contribution in [0.4, 0.5) is 13.2 Å². The SMILES string of the molecule is CC(NC(=O)C1(C(F)(F)F)CCNC1)c1ncn[nH]1. The van der Waals surface area contributed by atoms with Crippen molar-refractivity contribution in [2.45, 2.75) is 25.6 Å². The van der Waals surface area contributed by atoms with Gasteiger partial charge in [0.2, 0.25) is 5.91 Å². The zero-order chi connectivity index (χ0) is 14.1. The number of alkyl halides is 3. The van der Waals surface area contributed by atoms with Crippen molar-refractivity contribution in [2.75, 3.05) is 13.1 Å². The maximum absolute atomic E-state index is 13.1. The number of H-pyrrole nitrogens is 1. The van der Waals surface area contributed by atoms with Gasteiger partial charge in [-0.1, -0.05) is 0 Å². The summed E-state index contributed by atoms with van der Waals surface area (Å²) in [4.78, 5) is 15.8. The molecule has 2 atom stereocenters. The van der Waals surface area contributed by atoms with Gasteiger partial charge in [-0.3, -0.25) is 9.89 Å². The second-order valence-corrected chi connectivity index (χ2v) is 4.57. The Hall–Kier alpha value is -1.64. The average Bonchev–Trinajstić information content (AvgIpc) is 3.00. The van der Waals surface area contributed by atoms with Crippen molar-refractivity contribution in [1.29, 1.82) is 0 Å². The second kappa shape index (κ2) is 4.80. The minimum atomic E-state index is -4.58. The number of halogens is 3. The minimum absolute atomic E-state index is 0.170. The van der Waals surface area contributed by atoms with Gasteiger partial charge in [-0.15, -0.1) is 0 Å². The van der Waals surface area contributed by atoms with E-state index in [-0.39, 0.29) is 13.0 Å². The molecule has 1 aromatic rings. The van der Waals surface area contributed by atoms with E-state index >= 15 is 0 Å². The van der Waals surface area contributed by atoms with Crippen molar-refractivity contribution < 1.29 is 18.0 Å². The van der Waals surface area contributed by atoms with Gasteiger partial charge in [0.15, 0.2) is 5.41 Å². The normalized spacial score (nSPS) is 25.3. The number of hydrogen-bond acceptors (Lipinski definition) is 4. The highest BCUT2D eigenvalue weighted by molar-refractivity contribution is 5.84. The van der Waals surface area contributed by atoms with Crippen molar-refractivity contribution in [3.8, 4) is 0 Å². The first-order valence-electron chi connectivity index (χ1n) is 5.80.